The van der Waals surface area contributed by atoms with E-state index in [1.54, 1.807) is 0 Å². The summed E-state index contributed by atoms with van der Waals surface area (Å²) in [5, 5.41) is 0. The van der Waals surface area contributed by atoms with E-state index < -0.39 is 8.07 Å². The Bertz CT molecular complexity index is 425. The first kappa shape index (κ1) is 18.3. The molecule has 0 aromatic carbocycles. The lowest BCUT2D eigenvalue weighted by Crippen LogP contribution is -2.32. The van der Waals surface area contributed by atoms with E-state index in [9.17, 15) is 0 Å². The first-order valence-electron chi connectivity index (χ1n) is 7.65. The van der Waals surface area contributed by atoms with Gasteiger partial charge in [-0.1, -0.05) is 39.0 Å². The van der Waals surface area contributed by atoms with Crippen LogP contribution in [-0.2, 0) is 0 Å². The van der Waals surface area contributed by atoms with Crippen molar-refractivity contribution in [3.05, 3.63) is 21.6 Å². The van der Waals surface area contributed by atoms with Crippen molar-refractivity contribution in [3.8, 4) is 11.5 Å². The molecular formula is C17H26Br2Si. The van der Waals surface area contributed by atoms with Crippen LogP contribution in [0.3, 0.4) is 0 Å². The summed E-state index contributed by atoms with van der Waals surface area (Å²) in [5.41, 5.74) is 3.87. The van der Waals surface area contributed by atoms with Crippen molar-refractivity contribution in [3.63, 3.8) is 0 Å². The van der Waals surface area contributed by atoms with Crippen molar-refractivity contribution in [2.45, 2.75) is 58.7 Å². The number of hydrogen-bond donors (Lipinski definition) is 0. The van der Waals surface area contributed by atoms with E-state index in [1.165, 1.54) is 18.1 Å². The second-order valence-corrected chi connectivity index (χ2v) is 13.7. The van der Waals surface area contributed by atoms with Gasteiger partial charge in [0.05, 0.1) is 3.39 Å². The standard InChI is InChI=1S/C17H26Br2Si/c1-5-20(6-2,7-3)13-12-17(4)11-9-8-10-15(17)14-16(18)19/h8,10,14-15H,5-7,9,11H2,1-4H3/t15-,17+/m1/s1. The van der Waals surface area contributed by atoms with Gasteiger partial charge in [0.15, 0.2) is 0 Å². The van der Waals surface area contributed by atoms with Crippen LogP contribution in [0.1, 0.15) is 40.5 Å². The molecule has 0 nitrogen and oxygen atoms in total. The first-order chi connectivity index (χ1) is 9.41. The van der Waals surface area contributed by atoms with Crippen LogP contribution in [0.4, 0.5) is 0 Å². The molecule has 1 aliphatic rings. The van der Waals surface area contributed by atoms with Gasteiger partial charge in [0.2, 0.25) is 0 Å². The SMILES string of the molecule is CC[Si](C#C[C@]1(C)CCC=C[C@@H]1C=C(Br)Br)(CC)CC. The molecule has 0 fully saturated rings. The van der Waals surface area contributed by atoms with Crippen LogP contribution in [0.2, 0.25) is 18.1 Å². The van der Waals surface area contributed by atoms with Gasteiger partial charge in [0.25, 0.3) is 0 Å². The summed E-state index contributed by atoms with van der Waals surface area (Å²) < 4.78 is 1.03. The van der Waals surface area contributed by atoms with Crippen molar-refractivity contribution < 1.29 is 0 Å². The highest BCUT2D eigenvalue weighted by Gasteiger charge is 2.32. The number of allylic oxidation sites excluding steroid dienone is 3. The minimum atomic E-state index is -1.35. The molecule has 0 amide bonds. The predicted molar refractivity (Wildman–Crippen MR) is 101 cm³/mol. The van der Waals surface area contributed by atoms with Crippen LogP contribution in [0.25, 0.3) is 0 Å². The van der Waals surface area contributed by atoms with Gasteiger partial charge >= 0.3 is 0 Å². The quantitative estimate of drug-likeness (QED) is 0.273. The van der Waals surface area contributed by atoms with Gasteiger partial charge in [-0.05, 0) is 69.8 Å². The lowest BCUT2D eigenvalue weighted by Gasteiger charge is -2.33. The summed E-state index contributed by atoms with van der Waals surface area (Å²) >= 11 is 7.00. The van der Waals surface area contributed by atoms with Gasteiger partial charge < -0.3 is 0 Å². The lowest BCUT2D eigenvalue weighted by molar-refractivity contribution is 0.335. The van der Waals surface area contributed by atoms with Crippen LogP contribution in [0.5, 0.6) is 0 Å². The lowest BCUT2D eigenvalue weighted by atomic mass is 9.71. The molecule has 0 aromatic rings. The Kier molecular flexibility index (Phi) is 7.32. The Morgan fingerprint density at radius 3 is 2.40 bits per heavy atom. The van der Waals surface area contributed by atoms with E-state index >= 15 is 0 Å². The van der Waals surface area contributed by atoms with E-state index in [4.69, 9.17) is 0 Å². The highest BCUT2D eigenvalue weighted by Crippen LogP contribution is 2.39. The molecule has 0 saturated carbocycles. The summed E-state index contributed by atoms with van der Waals surface area (Å²) in [5.74, 6) is 4.12. The number of halogens is 2. The number of rotatable bonds is 4. The van der Waals surface area contributed by atoms with E-state index in [-0.39, 0.29) is 5.41 Å². The molecule has 0 unspecified atom stereocenters. The fourth-order valence-corrected chi connectivity index (χ4v) is 5.97. The zero-order valence-electron chi connectivity index (χ0n) is 13.1. The Morgan fingerprint density at radius 1 is 1.30 bits per heavy atom. The van der Waals surface area contributed by atoms with Crippen molar-refractivity contribution >= 4 is 39.9 Å². The first-order valence-corrected chi connectivity index (χ1v) is 11.9. The maximum absolute atomic E-state index is 3.79. The largest absolute Gasteiger partial charge is 0.137 e. The Hall–Kier alpha value is 0.217. The molecule has 0 spiro atoms. The fourth-order valence-electron chi connectivity index (χ4n) is 2.82. The Morgan fingerprint density at radius 2 is 1.90 bits per heavy atom. The third-order valence-corrected chi connectivity index (χ3v) is 10.1. The second kappa shape index (κ2) is 8.01. The van der Waals surface area contributed by atoms with E-state index in [0.717, 1.165) is 16.2 Å². The molecule has 0 saturated heterocycles. The Balaban J connectivity index is 3.09. The molecule has 20 heavy (non-hydrogen) atoms. The Labute approximate surface area is 142 Å². The van der Waals surface area contributed by atoms with Crippen molar-refractivity contribution in [1.82, 2.24) is 0 Å². The smallest absolute Gasteiger partial charge is 0.131 e. The molecule has 1 rings (SSSR count). The van der Waals surface area contributed by atoms with Gasteiger partial charge in [0.1, 0.15) is 8.07 Å². The monoisotopic (exact) mass is 416 g/mol. The molecule has 2 atom stereocenters. The van der Waals surface area contributed by atoms with Crippen LogP contribution in [0.15, 0.2) is 21.6 Å². The van der Waals surface area contributed by atoms with Crippen LogP contribution in [0, 0.1) is 22.8 Å². The average molecular weight is 418 g/mol. The summed E-state index contributed by atoms with van der Waals surface area (Å²) in [6, 6.07) is 3.84. The summed E-state index contributed by atoms with van der Waals surface area (Å²) in [6.07, 6.45) is 9.14. The molecule has 0 aliphatic heterocycles. The molecule has 0 bridgehead atoms. The third kappa shape index (κ3) is 4.61. The zero-order chi connectivity index (χ0) is 15.2. The molecule has 3 heteroatoms. The minimum absolute atomic E-state index is 0.0826. The van der Waals surface area contributed by atoms with E-state index in [0.29, 0.717) is 5.92 Å². The van der Waals surface area contributed by atoms with Crippen LogP contribution >= 0.6 is 31.9 Å². The highest BCUT2D eigenvalue weighted by molar-refractivity contribution is 9.28. The van der Waals surface area contributed by atoms with Gasteiger partial charge in [-0.15, -0.1) is 11.5 Å². The average Bonchev–Trinajstić information content (AvgIpc) is 2.43. The third-order valence-electron chi connectivity index (χ3n) is 4.86. The van der Waals surface area contributed by atoms with Crippen molar-refractivity contribution in [1.29, 1.82) is 0 Å². The van der Waals surface area contributed by atoms with Gasteiger partial charge in [0, 0.05) is 11.3 Å². The molecule has 0 radical (unpaired) electrons. The summed E-state index contributed by atoms with van der Waals surface area (Å²) in [6.45, 7) is 9.30. The normalized spacial score (nSPS) is 25.8. The molecule has 1 aliphatic carbocycles. The maximum Gasteiger partial charge on any atom is 0.137 e. The molecule has 112 valence electrons. The number of hydrogen-bond acceptors (Lipinski definition) is 0. The van der Waals surface area contributed by atoms with Gasteiger partial charge in [-0.25, -0.2) is 0 Å². The van der Waals surface area contributed by atoms with E-state index in [2.05, 4.69) is 89.2 Å². The molecule has 0 heterocycles. The van der Waals surface area contributed by atoms with Gasteiger partial charge in [-0.3, -0.25) is 0 Å². The minimum Gasteiger partial charge on any atom is -0.131 e. The van der Waals surface area contributed by atoms with Crippen molar-refractivity contribution in [2.24, 2.45) is 11.3 Å². The second-order valence-electron chi connectivity index (χ2n) is 5.96. The van der Waals surface area contributed by atoms with Crippen LogP contribution < -0.4 is 0 Å². The summed E-state index contributed by atoms with van der Waals surface area (Å²) in [7, 11) is -1.35. The van der Waals surface area contributed by atoms with Crippen molar-refractivity contribution in [2.75, 3.05) is 0 Å². The molecule has 0 N–H and O–H groups in total. The molecule has 0 aromatic heterocycles. The van der Waals surface area contributed by atoms with Gasteiger partial charge in [-0.2, -0.15) is 0 Å². The topological polar surface area (TPSA) is 0 Å². The predicted octanol–water partition coefficient (Wildman–Crippen LogP) is 6.64. The summed E-state index contributed by atoms with van der Waals surface area (Å²) in [4.78, 5) is 0. The highest BCUT2D eigenvalue weighted by atomic mass is 79.9. The zero-order valence-corrected chi connectivity index (χ0v) is 17.3. The van der Waals surface area contributed by atoms with Crippen LogP contribution in [-0.4, -0.2) is 8.07 Å². The molecular weight excluding hydrogens is 392 g/mol. The van der Waals surface area contributed by atoms with E-state index in [1.807, 2.05) is 0 Å². The maximum atomic E-state index is 3.79. The fraction of sp³-hybridized carbons (Fsp3) is 0.647.